The molecule has 1 N–H and O–H groups in total. The number of rotatable bonds is 8. The molecule has 0 aliphatic heterocycles. The van der Waals surface area contributed by atoms with E-state index in [-0.39, 0.29) is 23.2 Å². The topological polar surface area (TPSA) is 72.5 Å². The molecule has 0 unspecified atom stereocenters. The molecule has 0 heterocycles. The van der Waals surface area contributed by atoms with Crippen LogP contribution in [0, 0.1) is 0 Å². The summed E-state index contributed by atoms with van der Waals surface area (Å²) < 4.78 is 5.29. The van der Waals surface area contributed by atoms with Gasteiger partial charge in [-0.3, -0.25) is 9.59 Å². The lowest BCUT2D eigenvalue weighted by Gasteiger charge is -2.16. The number of carbonyl (C=O) groups excluding carboxylic acids is 3. The Labute approximate surface area is 182 Å². The van der Waals surface area contributed by atoms with Crippen molar-refractivity contribution < 1.29 is 19.1 Å². The van der Waals surface area contributed by atoms with Gasteiger partial charge in [-0.15, -0.1) is 0 Å². The highest BCUT2D eigenvalue weighted by molar-refractivity contribution is 6.09. The highest BCUT2D eigenvalue weighted by atomic mass is 16.5. The fourth-order valence-electron chi connectivity index (χ4n) is 3.09. The highest BCUT2D eigenvalue weighted by Gasteiger charge is 2.20. The van der Waals surface area contributed by atoms with Gasteiger partial charge in [0.2, 0.25) is 0 Å². The van der Waals surface area contributed by atoms with Crippen LogP contribution in [0.1, 0.15) is 51.6 Å². The monoisotopic (exact) mass is 415 g/mol. The van der Waals surface area contributed by atoms with E-state index in [1.807, 2.05) is 43.3 Å². The summed E-state index contributed by atoms with van der Waals surface area (Å²) in [5, 5.41) is 2.82. The quantitative estimate of drug-likeness (QED) is 0.438. The molecular formula is C26H25NO4. The van der Waals surface area contributed by atoms with Crippen LogP contribution in [0.4, 0.5) is 0 Å². The summed E-state index contributed by atoms with van der Waals surface area (Å²) in [5.41, 5.74) is 2.45. The van der Waals surface area contributed by atoms with Crippen LogP contribution in [-0.2, 0) is 9.53 Å². The maximum Gasteiger partial charge on any atom is 0.338 e. The maximum atomic E-state index is 12.5. The van der Waals surface area contributed by atoms with E-state index in [1.165, 1.54) is 19.1 Å². The number of hydrogen-bond acceptors (Lipinski definition) is 4. The Hall–Kier alpha value is -3.73. The van der Waals surface area contributed by atoms with Crippen molar-refractivity contribution in [2.75, 3.05) is 6.54 Å². The predicted molar refractivity (Wildman–Crippen MR) is 119 cm³/mol. The fourth-order valence-corrected chi connectivity index (χ4v) is 3.09. The highest BCUT2D eigenvalue weighted by Crippen LogP contribution is 2.14. The van der Waals surface area contributed by atoms with Crippen LogP contribution in [0.2, 0.25) is 0 Å². The molecule has 0 bridgehead atoms. The molecule has 158 valence electrons. The van der Waals surface area contributed by atoms with E-state index in [9.17, 15) is 14.4 Å². The van der Waals surface area contributed by atoms with Crippen LogP contribution in [0.5, 0.6) is 0 Å². The Kier molecular flexibility index (Phi) is 7.33. The second-order valence-corrected chi connectivity index (χ2v) is 7.38. The van der Waals surface area contributed by atoms with Crippen molar-refractivity contribution in [2.45, 2.75) is 25.9 Å². The first-order valence-electron chi connectivity index (χ1n) is 10.2. The second-order valence-electron chi connectivity index (χ2n) is 7.38. The fraction of sp³-hybridized carbons (Fsp3) is 0.192. The molecule has 5 nitrogen and oxygen atoms in total. The normalized spacial score (nSPS) is 12.5. The third-order valence-corrected chi connectivity index (χ3v) is 5.02. The van der Waals surface area contributed by atoms with Gasteiger partial charge >= 0.3 is 5.97 Å². The Morgan fingerprint density at radius 3 is 1.87 bits per heavy atom. The molecule has 0 radical (unpaired) electrons. The van der Waals surface area contributed by atoms with Gasteiger partial charge < -0.3 is 10.1 Å². The molecular weight excluding hydrogens is 390 g/mol. The summed E-state index contributed by atoms with van der Waals surface area (Å²) in [7, 11) is 0. The standard InChI is InChI=1S/C26H25NO4/c1-18(20-9-5-3-6-10-20)17-27-25(29)19(2)31-26(30)23-15-13-22(14-16-23)24(28)21-11-7-4-8-12-21/h3-16,18-19H,17H2,1-2H3,(H,27,29)/t18-,19-/m1/s1. The minimum atomic E-state index is -0.930. The zero-order valence-electron chi connectivity index (χ0n) is 17.6. The van der Waals surface area contributed by atoms with E-state index in [0.717, 1.165) is 5.56 Å². The van der Waals surface area contributed by atoms with Crippen molar-refractivity contribution in [3.63, 3.8) is 0 Å². The van der Waals surface area contributed by atoms with E-state index in [2.05, 4.69) is 5.32 Å². The molecule has 5 heteroatoms. The largest absolute Gasteiger partial charge is 0.449 e. The smallest absolute Gasteiger partial charge is 0.338 e. The molecule has 3 rings (SSSR count). The first kappa shape index (κ1) is 22.0. The third-order valence-electron chi connectivity index (χ3n) is 5.02. The van der Waals surface area contributed by atoms with E-state index in [1.54, 1.807) is 36.4 Å². The summed E-state index contributed by atoms with van der Waals surface area (Å²) in [4.78, 5) is 37.2. The summed E-state index contributed by atoms with van der Waals surface area (Å²) in [5.74, 6) is -0.951. The van der Waals surface area contributed by atoms with E-state index in [0.29, 0.717) is 17.7 Å². The Morgan fingerprint density at radius 1 is 0.742 bits per heavy atom. The Balaban J connectivity index is 1.53. The van der Waals surface area contributed by atoms with Gasteiger partial charge in [-0.25, -0.2) is 4.79 Å². The second kappa shape index (κ2) is 10.3. The molecule has 2 atom stereocenters. The number of ether oxygens (including phenoxy) is 1. The van der Waals surface area contributed by atoms with Gasteiger partial charge in [-0.05, 0) is 30.5 Å². The SMILES string of the molecule is C[C@H](CNC(=O)[C@@H](C)OC(=O)c1ccc(C(=O)c2ccccc2)cc1)c1ccccc1. The first-order chi connectivity index (χ1) is 15.0. The molecule has 0 saturated carbocycles. The summed E-state index contributed by atoms with van der Waals surface area (Å²) in [6, 6.07) is 25.0. The van der Waals surface area contributed by atoms with E-state index in [4.69, 9.17) is 4.74 Å². The number of esters is 1. The van der Waals surface area contributed by atoms with Crippen molar-refractivity contribution in [1.29, 1.82) is 0 Å². The lowest BCUT2D eigenvalue weighted by molar-refractivity contribution is -0.129. The van der Waals surface area contributed by atoms with E-state index < -0.39 is 12.1 Å². The minimum Gasteiger partial charge on any atom is -0.449 e. The number of nitrogens with one attached hydrogen (secondary N) is 1. The molecule has 0 spiro atoms. The lowest BCUT2D eigenvalue weighted by atomic mass is 10.0. The van der Waals surface area contributed by atoms with Crippen molar-refractivity contribution in [1.82, 2.24) is 5.32 Å². The van der Waals surface area contributed by atoms with Crippen LogP contribution in [0.3, 0.4) is 0 Å². The minimum absolute atomic E-state index is 0.124. The molecule has 0 aromatic heterocycles. The average molecular weight is 415 g/mol. The number of carbonyl (C=O) groups is 3. The molecule has 0 fully saturated rings. The lowest BCUT2D eigenvalue weighted by Crippen LogP contribution is -2.37. The average Bonchev–Trinajstić information content (AvgIpc) is 2.82. The summed E-state index contributed by atoms with van der Waals surface area (Å²) in [6.07, 6.45) is -0.930. The van der Waals surface area contributed by atoms with Gasteiger partial charge in [0.1, 0.15) is 0 Å². The number of benzene rings is 3. The molecule has 3 aromatic carbocycles. The molecule has 3 aromatic rings. The van der Waals surface area contributed by atoms with Gasteiger partial charge in [-0.1, -0.05) is 79.7 Å². The zero-order chi connectivity index (χ0) is 22.2. The molecule has 0 aliphatic rings. The maximum absolute atomic E-state index is 12.5. The van der Waals surface area contributed by atoms with Crippen molar-refractivity contribution >= 4 is 17.7 Å². The molecule has 1 amide bonds. The third kappa shape index (κ3) is 5.89. The van der Waals surface area contributed by atoms with Gasteiger partial charge in [0.05, 0.1) is 5.56 Å². The van der Waals surface area contributed by atoms with Crippen LogP contribution in [-0.4, -0.2) is 30.3 Å². The number of amides is 1. The molecule has 0 aliphatic carbocycles. The Morgan fingerprint density at radius 2 is 1.26 bits per heavy atom. The number of ketones is 1. The summed E-state index contributed by atoms with van der Waals surface area (Å²) in [6.45, 7) is 4.00. The van der Waals surface area contributed by atoms with Crippen LogP contribution in [0.25, 0.3) is 0 Å². The first-order valence-corrected chi connectivity index (χ1v) is 10.2. The van der Waals surface area contributed by atoms with Crippen molar-refractivity contribution in [2.24, 2.45) is 0 Å². The molecule has 31 heavy (non-hydrogen) atoms. The van der Waals surface area contributed by atoms with Gasteiger partial charge in [-0.2, -0.15) is 0 Å². The number of hydrogen-bond donors (Lipinski definition) is 1. The molecule has 0 saturated heterocycles. The van der Waals surface area contributed by atoms with Gasteiger partial charge in [0, 0.05) is 17.7 Å². The van der Waals surface area contributed by atoms with Crippen LogP contribution in [0.15, 0.2) is 84.9 Å². The van der Waals surface area contributed by atoms with E-state index >= 15 is 0 Å². The van der Waals surface area contributed by atoms with Crippen LogP contribution < -0.4 is 5.32 Å². The predicted octanol–water partition coefficient (Wildman–Crippen LogP) is 4.38. The zero-order valence-corrected chi connectivity index (χ0v) is 17.6. The van der Waals surface area contributed by atoms with Crippen LogP contribution >= 0.6 is 0 Å². The summed E-state index contributed by atoms with van der Waals surface area (Å²) >= 11 is 0. The van der Waals surface area contributed by atoms with Crippen molar-refractivity contribution in [3.8, 4) is 0 Å². The van der Waals surface area contributed by atoms with Crippen molar-refractivity contribution in [3.05, 3.63) is 107 Å². The Bertz CT molecular complexity index is 1030. The van der Waals surface area contributed by atoms with Gasteiger partial charge in [0.15, 0.2) is 11.9 Å². The van der Waals surface area contributed by atoms with Gasteiger partial charge in [0.25, 0.3) is 5.91 Å².